The molecule has 3 aliphatic rings. The van der Waals surface area contributed by atoms with Crippen molar-refractivity contribution in [3.8, 4) is 0 Å². The molecule has 3 aliphatic heterocycles. The molecule has 2 aromatic rings. The number of anilines is 1. The van der Waals surface area contributed by atoms with Crippen LogP contribution in [0, 0.1) is 10.1 Å². The lowest BCUT2D eigenvalue weighted by Crippen LogP contribution is -2.37. The number of nitro groups is 1. The van der Waals surface area contributed by atoms with Crippen LogP contribution in [-0.2, 0) is 10.2 Å². The van der Waals surface area contributed by atoms with Crippen LogP contribution in [0.25, 0.3) is 0 Å². The number of benzene rings is 2. The molecule has 5 rings (SSSR count). The fraction of sp³-hybridized carbons (Fsp3) is 0.375. The van der Waals surface area contributed by atoms with Crippen LogP contribution in [0.2, 0.25) is 0 Å². The molecule has 0 aliphatic carbocycles. The number of nitrogens with zero attached hydrogens (tertiary/aromatic N) is 6. The Bertz CT molecular complexity index is 1260. The van der Waals surface area contributed by atoms with Crippen molar-refractivity contribution in [3.05, 3.63) is 75.2 Å². The molecule has 0 aromatic heterocycles. The third-order valence-electron chi connectivity index (χ3n) is 6.89. The van der Waals surface area contributed by atoms with Crippen LogP contribution in [0.1, 0.15) is 19.4 Å². The average Bonchev–Trinajstić information content (AvgIpc) is 3.25. The molecule has 9 nitrogen and oxygen atoms in total. The molecule has 1 saturated heterocycles. The van der Waals surface area contributed by atoms with Crippen molar-refractivity contribution >= 4 is 30.6 Å². The van der Waals surface area contributed by atoms with Crippen molar-refractivity contribution in [1.29, 1.82) is 0 Å². The van der Waals surface area contributed by atoms with Gasteiger partial charge in [0.2, 0.25) is 0 Å². The predicted octanol–water partition coefficient (Wildman–Crippen LogP) is 5.16. The molecule has 34 heavy (non-hydrogen) atoms. The molecule has 0 bridgehead atoms. The van der Waals surface area contributed by atoms with Gasteiger partial charge in [-0.05, 0) is 17.7 Å². The number of para-hydroxylation sites is 2. The van der Waals surface area contributed by atoms with Crippen molar-refractivity contribution in [2.24, 2.45) is 9.85 Å². The number of hydrogen-bond acceptors (Lipinski definition) is 6. The Labute approximate surface area is 199 Å². The number of rotatable bonds is 3. The first-order valence-corrected chi connectivity index (χ1v) is 13.0. The van der Waals surface area contributed by atoms with E-state index in [2.05, 4.69) is 54.7 Å². The first-order chi connectivity index (χ1) is 16.3. The molecule has 0 radical (unpaired) electrons. The summed E-state index contributed by atoms with van der Waals surface area (Å²) in [5.41, 5.74) is 3.62. The van der Waals surface area contributed by atoms with E-state index in [1.54, 1.807) is 18.2 Å². The number of allylic oxidation sites excluding steroid dienone is 2. The quantitative estimate of drug-likeness (QED) is 0.343. The van der Waals surface area contributed by atoms with E-state index < -0.39 is 7.36 Å². The zero-order valence-corrected chi connectivity index (χ0v) is 20.8. The Balaban J connectivity index is 1.83. The van der Waals surface area contributed by atoms with Crippen LogP contribution in [0.4, 0.5) is 17.1 Å². The van der Waals surface area contributed by atoms with Gasteiger partial charge in [0, 0.05) is 50.1 Å². The van der Waals surface area contributed by atoms with E-state index in [0.717, 1.165) is 16.7 Å². The average molecular weight is 481 g/mol. The van der Waals surface area contributed by atoms with Crippen LogP contribution < -0.4 is 4.90 Å². The molecule has 10 heteroatoms. The molecule has 178 valence electrons. The van der Waals surface area contributed by atoms with E-state index >= 15 is 0 Å². The van der Waals surface area contributed by atoms with Crippen LogP contribution in [0.15, 0.2) is 69.4 Å². The molecular formula is C24H29N6O3P. The number of morpholine rings is 1. The number of fused-ring (bicyclic) bond motifs is 1. The minimum Gasteiger partial charge on any atom is -0.379 e. The first kappa shape index (κ1) is 22.8. The summed E-state index contributed by atoms with van der Waals surface area (Å²) in [7, 11) is 1.33. The van der Waals surface area contributed by atoms with Crippen molar-refractivity contribution in [2.45, 2.75) is 19.3 Å². The lowest BCUT2D eigenvalue weighted by atomic mass is 9.84. The van der Waals surface area contributed by atoms with Crippen molar-refractivity contribution in [3.63, 3.8) is 0 Å². The summed E-state index contributed by atoms with van der Waals surface area (Å²) >= 11 is 0. The monoisotopic (exact) mass is 480 g/mol. The number of nitro benzene ring substituents is 1. The highest BCUT2D eigenvalue weighted by atomic mass is 31.2. The maximum absolute atomic E-state index is 11.9. The van der Waals surface area contributed by atoms with E-state index in [1.807, 2.05) is 18.0 Å². The molecule has 1 atom stereocenters. The predicted molar refractivity (Wildman–Crippen MR) is 136 cm³/mol. The molecule has 0 amide bonds. The number of ether oxygens (including phenoxy) is 1. The molecule has 2 aromatic carbocycles. The van der Waals surface area contributed by atoms with E-state index in [4.69, 9.17) is 14.6 Å². The van der Waals surface area contributed by atoms with Gasteiger partial charge in [0.05, 0.1) is 29.7 Å². The third kappa shape index (κ3) is 3.30. The van der Waals surface area contributed by atoms with Crippen LogP contribution in [-0.4, -0.2) is 61.0 Å². The highest BCUT2D eigenvalue weighted by Crippen LogP contribution is 2.69. The van der Waals surface area contributed by atoms with Gasteiger partial charge >= 0.3 is 0 Å². The summed E-state index contributed by atoms with van der Waals surface area (Å²) in [4.78, 5) is 13.7. The van der Waals surface area contributed by atoms with E-state index in [0.29, 0.717) is 32.0 Å². The Morgan fingerprint density at radius 1 is 1.09 bits per heavy atom. The minimum absolute atomic E-state index is 0.00195. The van der Waals surface area contributed by atoms with Crippen molar-refractivity contribution in [2.75, 3.05) is 45.3 Å². The van der Waals surface area contributed by atoms with Crippen molar-refractivity contribution in [1.82, 2.24) is 9.45 Å². The topological polar surface area (TPSA) is 86.8 Å². The van der Waals surface area contributed by atoms with Gasteiger partial charge in [-0.3, -0.25) is 10.1 Å². The summed E-state index contributed by atoms with van der Waals surface area (Å²) in [5, 5.41) is 17.6. The highest BCUT2D eigenvalue weighted by Gasteiger charge is 2.48. The second-order valence-corrected chi connectivity index (χ2v) is 12.1. The molecule has 3 heterocycles. The van der Waals surface area contributed by atoms with Gasteiger partial charge in [0.1, 0.15) is 5.69 Å². The van der Waals surface area contributed by atoms with Crippen LogP contribution in [0.5, 0.6) is 0 Å². The Morgan fingerprint density at radius 3 is 2.47 bits per heavy atom. The number of hydrazone groups is 1. The highest BCUT2D eigenvalue weighted by molar-refractivity contribution is 7.67. The second kappa shape index (κ2) is 8.34. The fourth-order valence-electron chi connectivity index (χ4n) is 5.30. The van der Waals surface area contributed by atoms with Gasteiger partial charge in [0.25, 0.3) is 5.69 Å². The normalized spacial score (nSPS) is 26.1. The number of hydrogen-bond donors (Lipinski definition) is 0. The number of likely N-dealkylation sites (N-methyl/N-ethyl adjacent to an activating group) is 1. The van der Waals surface area contributed by atoms with Crippen LogP contribution in [0.3, 0.4) is 0 Å². The molecule has 0 N–H and O–H groups in total. The summed E-state index contributed by atoms with van der Waals surface area (Å²) in [6.07, 6.45) is 1.92. The summed E-state index contributed by atoms with van der Waals surface area (Å²) in [6.45, 7) is 6.98. The van der Waals surface area contributed by atoms with Gasteiger partial charge in [-0.25, -0.2) is 14.2 Å². The maximum atomic E-state index is 11.9. The molecule has 1 unspecified atom stereocenters. The van der Waals surface area contributed by atoms with Gasteiger partial charge < -0.3 is 9.64 Å². The summed E-state index contributed by atoms with van der Waals surface area (Å²) in [5.74, 6) is 0. The molecule has 0 saturated carbocycles. The maximum Gasteiger partial charge on any atom is 0.294 e. The third-order valence-corrected chi connectivity index (χ3v) is 10.5. The Kier molecular flexibility index (Phi) is 5.59. The van der Waals surface area contributed by atoms with Gasteiger partial charge in [-0.1, -0.05) is 44.2 Å². The van der Waals surface area contributed by atoms with Crippen LogP contribution >= 0.6 is 7.36 Å². The largest absolute Gasteiger partial charge is 0.379 e. The van der Waals surface area contributed by atoms with E-state index in [-0.39, 0.29) is 16.0 Å². The Morgan fingerprint density at radius 2 is 1.76 bits per heavy atom. The van der Waals surface area contributed by atoms with Gasteiger partial charge in [-0.15, -0.1) is 0 Å². The standard InChI is InChI=1S/C24H29N6O3P/c1-24(2)18-9-5-7-11-20(18)27(3)23(24)22-17-25-28(4)34(22,29-13-15-33-16-14-29)26-19-10-6-8-12-21(19)30(31)32/h5-12,17H,13-16H2,1-4H3/b23-22+. The molecule has 1 fully saturated rings. The summed E-state index contributed by atoms with van der Waals surface area (Å²) < 4.78 is 15.2. The molecular weight excluding hydrogens is 451 g/mol. The lowest BCUT2D eigenvalue weighted by molar-refractivity contribution is -0.384. The zero-order valence-electron chi connectivity index (χ0n) is 19.9. The van der Waals surface area contributed by atoms with E-state index in [1.165, 1.54) is 11.6 Å². The molecule has 0 spiro atoms. The van der Waals surface area contributed by atoms with E-state index in [9.17, 15) is 10.1 Å². The lowest BCUT2D eigenvalue weighted by Gasteiger charge is -2.41. The fourth-order valence-corrected chi connectivity index (χ4v) is 8.96. The second-order valence-electron chi connectivity index (χ2n) is 9.15. The van der Waals surface area contributed by atoms with Gasteiger partial charge in [0.15, 0.2) is 7.36 Å². The zero-order chi connectivity index (χ0) is 24.1. The SMILES string of the molecule is CN1/C(=C2\C=NN(C)P2(=Nc2ccccc2[N+](=O)[O-])N2CCOCC2)C(C)(C)c2ccccc21. The smallest absolute Gasteiger partial charge is 0.294 e. The van der Waals surface area contributed by atoms with Gasteiger partial charge in [-0.2, -0.15) is 5.10 Å². The summed E-state index contributed by atoms with van der Waals surface area (Å²) in [6, 6.07) is 15.1. The minimum atomic E-state index is -2.68. The Hall–Kier alpha value is -3.00. The van der Waals surface area contributed by atoms with Crippen molar-refractivity contribution < 1.29 is 9.66 Å². The first-order valence-electron chi connectivity index (χ1n) is 11.3.